The summed E-state index contributed by atoms with van der Waals surface area (Å²) in [4.78, 5) is 43.0. The van der Waals surface area contributed by atoms with E-state index in [0.29, 0.717) is 46.7 Å². The molecule has 2 heterocycles. The molecule has 0 radical (unpaired) electrons. The number of carbonyl (C=O) groups is 3. The number of benzene rings is 2. The Labute approximate surface area is 192 Å². The van der Waals surface area contributed by atoms with E-state index in [1.54, 1.807) is 36.1 Å². The molecule has 33 heavy (non-hydrogen) atoms. The van der Waals surface area contributed by atoms with Gasteiger partial charge in [-0.15, -0.1) is 0 Å². The fraction of sp³-hybridized carbons (Fsp3) is 0.269. The number of methoxy groups -OCH3 is 1. The van der Waals surface area contributed by atoms with Gasteiger partial charge in [0.2, 0.25) is 0 Å². The molecule has 0 saturated carbocycles. The summed E-state index contributed by atoms with van der Waals surface area (Å²) in [6.45, 7) is 4.39. The van der Waals surface area contributed by atoms with E-state index in [2.05, 4.69) is 10.3 Å². The number of ether oxygens (including phenoxy) is 1. The molecule has 2 aromatic carbocycles. The second-order valence-electron chi connectivity index (χ2n) is 8.09. The lowest BCUT2D eigenvalue weighted by Gasteiger charge is -2.17. The lowest BCUT2D eigenvalue weighted by Crippen LogP contribution is -2.28. The number of aromatic amines is 1. The van der Waals surface area contributed by atoms with Crippen LogP contribution < -0.4 is 10.2 Å². The number of esters is 1. The molecule has 1 aliphatic heterocycles. The fourth-order valence-electron chi connectivity index (χ4n) is 4.34. The summed E-state index contributed by atoms with van der Waals surface area (Å²) < 4.78 is 4.89. The number of nitrogens with one attached hydrogen (secondary N) is 2. The van der Waals surface area contributed by atoms with E-state index in [9.17, 15) is 14.4 Å². The normalized spacial score (nSPS) is 12.4. The zero-order chi connectivity index (χ0) is 23.5. The monoisotopic (exact) mass is 445 g/mol. The van der Waals surface area contributed by atoms with Crippen LogP contribution in [0.5, 0.6) is 0 Å². The van der Waals surface area contributed by atoms with Gasteiger partial charge in [-0.25, -0.2) is 4.79 Å². The molecule has 2 N–H and O–H groups in total. The summed E-state index contributed by atoms with van der Waals surface area (Å²) in [5.74, 6) is -0.868. The Morgan fingerprint density at radius 2 is 1.82 bits per heavy atom. The Morgan fingerprint density at radius 3 is 2.52 bits per heavy atom. The Kier molecular flexibility index (Phi) is 6.31. The minimum Gasteiger partial charge on any atom is -0.465 e. The van der Waals surface area contributed by atoms with Gasteiger partial charge in [-0.1, -0.05) is 31.5 Å². The van der Waals surface area contributed by atoms with Crippen molar-refractivity contribution in [2.45, 2.75) is 33.1 Å². The first-order valence-corrected chi connectivity index (χ1v) is 11.1. The first kappa shape index (κ1) is 22.3. The standard InChI is InChI=1S/C26H27N3O4/c1-4-7-20-22(26(32)33-3)16(2)27-23(20)24(30)28-19-12-10-18(11-13-19)25(31)29-15-14-17-8-5-6-9-21(17)29/h5-6,8-13,27H,4,7,14-15H2,1-3H3,(H,28,30). The highest BCUT2D eigenvalue weighted by Gasteiger charge is 2.26. The van der Waals surface area contributed by atoms with Crippen molar-refractivity contribution in [2.24, 2.45) is 0 Å². The molecular formula is C26H27N3O4. The first-order valence-electron chi connectivity index (χ1n) is 11.1. The number of H-pyrrole nitrogens is 1. The molecule has 7 heteroatoms. The van der Waals surface area contributed by atoms with Crippen LogP contribution in [0.3, 0.4) is 0 Å². The maximum Gasteiger partial charge on any atom is 0.339 e. The minimum absolute atomic E-state index is 0.0641. The lowest BCUT2D eigenvalue weighted by molar-refractivity contribution is 0.0598. The molecule has 3 aromatic rings. The molecule has 170 valence electrons. The summed E-state index contributed by atoms with van der Waals surface area (Å²) in [6, 6.07) is 14.8. The highest BCUT2D eigenvalue weighted by Crippen LogP contribution is 2.29. The lowest BCUT2D eigenvalue weighted by atomic mass is 10.0. The minimum atomic E-state index is -0.461. The molecule has 0 saturated heterocycles. The van der Waals surface area contributed by atoms with Gasteiger partial charge < -0.3 is 19.9 Å². The van der Waals surface area contributed by atoms with Gasteiger partial charge in [0.1, 0.15) is 5.69 Å². The SMILES string of the molecule is CCCc1c(C(=O)Nc2ccc(C(=O)N3CCc4ccccc43)cc2)[nH]c(C)c1C(=O)OC. The van der Waals surface area contributed by atoms with Crippen LogP contribution in [0, 0.1) is 6.92 Å². The number of hydrogen-bond donors (Lipinski definition) is 2. The van der Waals surface area contributed by atoms with Crippen LogP contribution in [-0.4, -0.2) is 36.4 Å². The Bertz CT molecular complexity index is 1210. The predicted octanol–water partition coefficient (Wildman–Crippen LogP) is 4.52. The Morgan fingerprint density at radius 1 is 1.09 bits per heavy atom. The molecule has 0 atom stereocenters. The number of hydrogen-bond acceptors (Lipinski definition) is 4. The van der Waals surface area contributed by atoms with Crippen molar-refractivity contribution < 1.29 is 19.1 Å². The average Bonchev–Trinajstić information content (AvgIpc) is 3.40. The molecule has 0 unspecified atom stereocenters. The van der Waals surface area contributed by atoms with Crippen molar-refractivity contribution in [1.29, 1.82) is 0 Å². The highest BCUT2D eigenvalue weighted by molar-refractivity contribution is 6.09. The van der Waals surface area contributed by atoms with Crippen LogP contribution >= 0.6 is 0 Å². The van der Waals surface area contributed by atoms with E-state index in [-0.39, 0.29) is 11.8 Å². The molecular weight excluding hydrogens is 418 g/mol. The third-order valence-corrected chi connectivity index (χ3v) is 5.93. The molecule has 2 amide bonds. The van der Waals surface area contributed by atoms with Crippen LogP contribution in [0.2, 0.25) is 0 Å². The van der Waals surface area contributed by atoms with Crippen LogP contribution in [0.15, 0.2) is 48.5 Å². The van der Waals surface area contributed by atoms with E-state index in [1.165, 1.54) is 12.7 Å². The first-order chi connectivity index (χ1) is 15.9. The third-order valence-electron chi connectivity index (χ3n) is 5.93. The second kappa shape index (κ2) is 9.32. The van der Waals surface area contributed by atoms with E-state index >= 15 is 0 Å². The van der Waals surface area contributed by atoms with Gasteiger partial charge in [0.25, 0.3) is 11.8 Å². The molecule has 0 bridgehead atoms. The predicted molar refractivity (Wildman–Crippen MR) is 127 cm³/mol. The highest BCUT2D eigenvalue weighted by atomic mass is 16.5. The van der Waals surface area contributed by atoms with E-state index < -0.39 is 5.97 Å². The second-order valence-corrected chi connectivity index (χ2v) is 8.09. The average molecular weight is 446 g/mol. The van der Waals surface area contributed by atoms with Crippen LogP contribution in [0.4, 0.5) is 11.4 Å². The number of fused-ring (bicyclic) bond motifs is 1. The van der Waals surface area contributed by atoms with Gasteiger partial charge in [0.05, 0.1) is 12.7 Å². The Balaban J connectivity index is 1.51. The number of amides is 2. The molecule has 0 fully saturated rings. The summed E-state index contributed by atoms with van der Waals surface area (Å²) in [7, 11) is 1.33. The molecule has 7 nitrogen and oxygen atoms in total. The summed E-state index contributed by atoms with van der Waals surface area (Å²) in [5.41, 5.74) is 5.26. The number of aromatic nitrogens is 1. The number of rotatable bonds is 6. The molecule has 4 rings (SSSR count). The van der Waals surface area contributed by atoms with Gasteiger partial charge in [0, 0.05) is 29.2 Å². The third kappa shape index (κ3) is 4.26. The van der Waals surface area contributed by atoms with Gasteiger partial charge in [0.15, 0.2) is 0 Å². The largest absolute Gasteiger partial charge is 0.465 e. The number of aryl methyl sites for hydroxylation is 1. The zero-order valence-corrected chi connectivity index (χ0v) is 19.0. The number of anilines is 2. The number of para-hydroxylation sites is 1. The molecule has 0 aliphatic carbocycles. The van der Waals surface area contributed by atoms with Gasteiger partial charge in [-0.2, -0.15) is 0 Å². The summed E-state index contributed by atoms with van der Waals surface area (Å²) in [6.07, 6.45) is 2.19. The van der Waals surface area contributed by atoms with Crippen molar-refractivity contribution >= 4 is 29.2 Å². The topological polar surface area (TPSA) is 91.5 Å². The van der Waals surface area contributed by atoms with Crippen LogP contribution in [0.25, 0.3) is 0 Å². The smallest absolute Gasteiger partial charge is 0.339 e. The number of nitrogens with zero attached hydrogens (tertiary/aromatic N) is 1. The Hall–Kier alpha value is -3.87. The van der Waals surface area contributed by atoms with Crippen molar-refractivity contribution in [2.75, 3.05) is 23.9 Å². The maximum atomic E-state index is 13.0. The van der Waals surface area contributed by atoms with Gasteiger partial charge in [-0.3, -0.25) is 9.59 Å². The van der Waals surface area contributed by atoms with Gasteiger partial charge >= 0.3 is 5.97 Å². The van der Waals surface area contributed by atoms with Crippen LogP contribution in [-0.2, 0) is 17.6 Å². The molecule has 0 spiro atoms. The van der Waals surface area contributed by atoms with Crippen LogP contribution in [0.1, 0.15) is 61.4 Å². The van der Waals surface area contributed by atoms with Crippen molar-refractivity contribution in [3.63, 3.8) is 0 Å². The molecule has 1 aliphatic rings. The fourth-order valence-corrected chi connectivity index (χ4v) is 4.34. The van der Waals surface area contributed by atoms with Crippen molar-refractivity contribution in [3.05, 3.63) is 82.2 Å². The maximum absolute atomic E-state index is 13.0. The van der Waals surface area contributed by atoms with Crippen molar-refractivity contribution in [1.82, 2.24) is 4.98 Å². The summed E-state index contributed by atoms with van der Waals surface area (Å²) in [5, 5.41) is 2.86. The molecule has 1 aromatic heterocycles. The summed E-state index contributed by atoms with van der Waals surface area (Å²) >= 11 is 0. The van der Waals surface area contributed by atoms with E-state index in [1.807, 2.05) is 31.2 Å². The van der Waals surface area contributed by atoms with Gasteiger partial charge in [-0.05, 0) is 61.2 Å². The van der Waals surface area contributed by atoms with Crippen molar-refractivity contribution in [3.8, 4) is 0 Å². The zero-order valence-electron chi connectivity index (χ0n) is 19.0. The van der Waals surface area contributed by atoms with E-state index in [0.717, 1.165) is 18.5 Å². The quantitative estimate of drug-likeness (QED) is 0.546. The number of carbonyl (C=O) groups excluding carboxylic acids is 3. The van der Waals surface area contributed by atoms with E-state index in [4.69, 9.17) is 4.74 Å².